The number of carbonyl (C=O) groups is 2. The topological polar surface area (TPSA) is 55.4 Å². The summed E-state index contributed by atoms with van der Waals surface area (Å²) in [4.78, 5) is 25.0. The van der Waals surface area contributed by atoms with Crippen LogP contribution in [0.5, 0.6) is 5.75 Å². The van der Waals surface area contributed by atoms with Crippen LogP contribution in [0.1, 0.15) is 95.3 Å². The summed E-state index contributed by atoms with van der Waals surface area (Å²) in [6, 6.07) is 3.31. The summed E-state index contributed by atoms with van der Waals surface area (Å²) in [6.07, 6.45) is 11.1. The van der Waals surface area contributed by atoms with Crippen LogP contribution < -0.4 is 10.1 Å². The Morgan fingerprint density at radius 2 is 1.75 bits per heavy atom. The molecule has 1 N–H and O–H groups in total. The maximum absolute atomic E-state index is 12.9. The first-order valence-corrected chi connectivity index (χ1v) is 11.0. The molecule has 1 aliphatic rings. The number of anilines is 1. The maximum Gasteiger partial charge on any atom is 0.230 e. The third-order valence-corrected chi connectivity index (χ3v) is 5.81. The number of hydrogen-bond acceptors (Lipinski definition) is 3. The molecule has 1 heterocycles. The van der Waals surface area contributed by atoms with Crippen molar-refractivity contribution < 1.29 is 14.3 Å². The average Bonchev–Trinajstić information content (AvgIpc) is 2.66. The van der Waals surface area contributed by atoms with Crippen LogP contribution in [0.15, 0.2) is 12.1 Å². The lowest BCUT2D eigenvalue weighted by Crippen LogP contribution is -2.31. The Labute approximate surface area is 174 Å². The first kappa shape index (κ1) is 22.7. The molecule has 0 saturated heterocycles. The van der Waals surface area contributed by atoms with Crippen molar-refractivity contribution in [1.29, 1.82) is 0 Å². The third kappa shape index (κ3) is 6.23. The number of halogens is 1. The van der Waals surface area contributed by atoms with Gasteiger partial charge in [-0.15, -0.1) is 0 Å². The van der Waals surface area contributed by atoms with Crippen molar-refractivity contribution in [2.45, 2.75) is 85.0 Å². The summed E-state index contributed by atoms with van der Waals surface area (Å²) in [7, 11) is 0. The molecule has 0 saturated carbocycles. The number of hydrogen-bond donors (Lipinski definition) is 1. The van der Waals surface area contributed by atoms with E-state index in [-0.39, 0.29) is 11.7 Å². The molecule has 4 nitrogen and oxygen atoms in total. The molecule has 156 valence electrons. The number of amides is 1. The molecule has 1 aliphatic heterocycles. The Kier molecular flexibility index (Phi) is 8.81. The second-order valence-corrected chi connectivity index (χ2v) is 8.79. The van der Waals surface area contributed by atoms with Crippen LogP contribution >= 0.6 is 11.6 Å². The quantitative estimate of drug-likeness (QED) is 0.410. The van der Waals surface area contributed by atoms with Crippen molar-refractivity contribution >= 4 is 29.0 Å². The molecule has 5 heteroatoms. The Bertz CT molecular complexity index is 685. The van der Waals surface area contributed by atoms with E-state index in [1.54, 1.807) is 12.1 Å². The fourth-order valence-corrected chi connectivity index (χ4v) is 3.72. The number of rotatable bonds is 11. The van der Waals surface area contributed by atoms with Crippen molar-refractivity contribution in [3.05, 3.63) is 22.7 Å². The van der Waals surface area contributed by atoms with E-state index in [2.05, 4.69) is 12.2 Å². The van der Waals surface area contributed by atoms with Crippen LogP contribution in [0.4, 0.5) is 5.69 Å². The first-order valence-electron chi connectivity index (χ1n) is 10.7. The number of unbranched alkanes of at least 4 members (excludes halogenated alkanes) is 7. The number of benzene rings is 1. The van der Waals surface area contributed by atoms with Gasteiger partial charge in [-0.3, -0.25) is 9.59 Å². The summed E-state index contributed by atoms with van der Waals surface area (Å²) < 4.78 is 5.65. The van der Waals surface area contributed by atoms with Gasteiger partial charge < -0.3 is 10.1 Å². The minimum absolute atomic E-state index is 0.0200. The third-order valence-electron chi connectivity index (χ3n) is 5.49. The largest absolute Gasteiger partial charge is 0.490 e. The van der Waals surface area contributed by atoms with E-state index in [9.17, 15) is 9.59 Å². The van der Waals surface area contributed by atoms with E-state index >= 15 is 0 Å². The van der Waals surface area contributed by atoms with Crippen molar-refractivity contribution in [2.75, 3.05) is 11.9 Å². The van der Waals surface area contributed by atoms with Crippen LogP contribution in [0, 0.1) is 5.41 Å². The maximum atomic E-state index is 12.9. The summed E-state index contributed by atoms with van der Waals surface area (Å²) in [6.45, 7) is 6.46. The Balaban J connectivity index is 1.88. The van der Waals surface area contributed by atoms with E-state index in [1.165, 1.54) is 38.5 Å². The molecule has 0 fully saturated rings. The van der Waals surface area contributed by atoms with Crippen LogP contribution in [-0.2, 0) is 4.79 Å². The number of ether oxygens (including phenoxy) is 1. The van der Waals surface area contributed by atoms with Crippen molar-refractivity contribution in [2.24, 2.45) is 5.41 Å². The van der Waals surface area contributed by atoms with E-state index in [4.69, 9.17) is 16.3 Å². The second kappa shape index (κ2) is 10.8. The molecule has 0 bridgehead atoms. The highest BCUT2D eigenvalue weighted by Crippen LogP contribution is 2.39. The first-order chi connectivity index (χ1) is 13.4. The molecule has 1 aromatic rings. The summed E-state index contributed by atoms with van der Waals surface area (Å²) in [5.74, 6) is 0.332. The molecule has 1 aromatic carbocycles. The van der Waals surface area contributed by atoms with Gasteiger partial charge >= 0.3 is 0 Å². The highest BCUT2D eigenvalue weighted by atomic mass is 35.5. The van der Waals surface area contributed by atoms with Gasteiger partial charge in [0.25, 0.3) is 0 Å². The lowest BCUT2D eigenvalue weighted by molar-refractivity contribution is -0.124. The molecule has 0 atom stereocenters. The normalized spacial score (nSPS) is 13.8. The number of fused-ring (bicyclic) bond motifs is 1. The van der Waals surface area contributed by atoms with Gasteiger partial charge in [0.2, 0.25) is 5.91 Å². The highest BCUT2D eigenvalue weighted by molar-refractivity contribution is 6.34. The minimum atomic E-state index is -0.507. The number of nitrogens with one attached hydrogen (secondary N) is 1. The molecule has 0 aliphatic carbocycles. The van der Waals surface area contributed by atoms with E-state index in [0.29, 0.717) is 35.1 Å². The van der Waals surface area contributed by atoms with E-state index < -0.39 is 5.41 Å². The Morgan fingerprint density at radius 1 is 1.11 bits per heavy atom. The summed E-state index contributed by atoms with van der Waals surface area (Å²) in [5.41, 5.74) is 0.403. The van der Waals surface area contributed by atoms with Crippen LogP contribution in [0.3, 0.4) is 0 Å². The monoisotopic (exact) mass is 407 g/mol. The molecular formula is C23H34ClNO3. The zero-order valence-electron chi connectivity index (χ0n) is 17.5. The molecule has 0 aromatic heterocycles. The standard InChI is InChI=1S/C23H34ClNO3/c1-4-5-6-7-8-9-10-11-15-23(2,3)22(27)25-20-18(24)13-12-17-19(26)14-16-28-21(17)20/h12-13H,4-11,14-16H2,1-3H3,(H,25,27). The van der Waals surface area contributed by atoms with Crippen LogP contribution in [0.25, 0.3) is 0 Å². The van der Waals surface area contributed by atoms with Gasteiger partial charge in [0, 0.05) is 11.8 Å². The lowest BCUT2D eigenvalue weighted by atomic mass is 9.85. The van der Waals surface area contributed by atoms with Gasteiger partial charge in [0.1, 0.15) is 5.69 Å². The number of Topliss-reactive ketones (excluding diaryl/α,β-unsaturated/α-hetero) is 1. The van der Waals surface area contributed by atoms with Crippen molar-refractivity contribution in [3.8, 4) is 5.75 Å². The molecule has 0 radical (unpaired) electrons. The van der Waals surface area contributed by atoms with Gasteiger partial charge in [-0.25, -0.2) is 0 Å². The van der Waals surface area contributed by atoms with Gasteiger partial charge in [-0.05, 0) is 18.6 Å². The summed E-state index contributed by atoms with van der Waals surface area (Å²) in [5, 5.41) is 3.32. The molecule has 28 heavy (non-hydrogen) atoms. The predicted octanol–water partition coefficient (Wildman–Crippen LogP) is 6.80. The van der Waals surface area contributed by atoms with E-state index in [1.807, 2.05) is 13.8 Å². The molecular weight excluding hydrogens is 374 g/mol. The van der Waals surface area contributed by atoms with Crippen LogP contribution in [0.2, 0.25) is 5.02 Å². The highest BCUT2D eigenvalue weighted by Gasteiger charge is 2.30. The summed E-state index contributed by atoms with van der Waals surface area (Å²) >= 11 is 6.29. The minimum Gasteiger partial charge on any atom is -0.490 e. The molecule has 0 unspecified atom stereocenters. The SMILES string of the molecule is CCCCCCCCCCC(C)(C)C(=O)Nc1c(Cl)ccc2c1OCCC2=O. The Hall–Kier alpha value is -1.55. The van der Waals surface area contributed by atoms with Gasteiger partial charge in [-0.1, -0.05) is 83.7 Å². The van der Waals surface area contributed by atoms with Crippen molar-refractivity contribution in [3.63, 3.8) is 0 Å². The fourth-order valence-electron chi connectivity index (χ4n) is 3.52. The zero-order chi connectivity index (χ0) is 20.6. The van der Waals surface area contributed by atoms with Gasteiger partial charge in [-0.2, -0.15) is 0 Å². The average molecular weight is 408 g/mol. The smallest absolute Gasteiger partial charge is 0.230 e. The zero-order valence-corrected chi connectivity index (χ0v) is 18.3. The van der Waals surface area contributed by atoms with Crippen molar-refractivity contribution in [1.82, 2.24) is 0 Å². The lowest BCUT2D eigenvalue weighted by Gasteiger charge is -2.26. The van der Waals surface area contributed by atoms with Crippen LogP contribution in [-0.4, -0.2) is 18.3 Å². The fraction of sp³-hybridized carbons (Fsp3) is 0.652. The number of carbonyl (C=O) groups excluding carboxylic acids is 2. The Morgan fingerprint density at radius 3 is 2.43 bits per heavy atom. The number of ketones is 1. The molecule has 1 amide bonds. The second-order valence-electron chi connectivity index (χ2n) is 8.38. The van der Waals surface area contributed by atoms with Gasteiger partial charge in [0.15, 0.2) is 11.5 Å². The molecule has 2 rings (SSSR count). The van der Waals surface area contributed by atoms with Gasteiger partial charge in [0.05, 0.1) is 17.2 Å². The van der Waals surface area contributed by atoms with E-state index in [0.717, 1.165) is 19.3 Å². The molecule has 0 spiro atoms. The predicted molar refractivity (Wildman–Crippen MR) is 116 cm³/mol.